The van der Waals surface area contributed by atoms with Crippen molar-refractivity contribution in [3.63, 3.8) is 0 Å². The maximum Gasteiger partial charge on any atom is 0.339 e. The van der Waals surface area contributed by atoms with E-state index in [-0.39, 0.29) is 12.2 Å². The predicted octanol–water partition coefficient (Wildman–Crippen LogP) is 6.04. The van der Waals surface area contributed by atoms with Crippen molar-refractivity contribution < 1.29 is 9.21 Å². The molecule has 1 heterocycles. The third kappa shape index (κ3) is 3.42. The molecule has 0 radical (unpaired) electrons. The largest absolute Gasteiger partial charge is 0.422 e. The number of benzene rings is 4. The zero-order valence-electron chi connectivity index (χ0n) is 16.2. The fraction of sp³-hybridized carbons (Fsp3) is 0.0370. The maximum absolute atomic E-state index is 12.8. The summed E-state index contributed by atoms with van der Waals surface area (Å²) in [4.78, 5) is 25.2. The second kappa shape index (κ2) is 7.45. The molecule has 1 aromatic heterocycles. The number of Topliss-reactive ketones (excluding diaryl/α,β-unsaturated/α-hetero) is 1. The Bertz CT molecular complexity index is 1430. The molecule has 0 aliphatic heterocycles. The molecule has 0 aliphatic rings. The molecule has 0 N–H and O–H groups in total. The monoisotopic (exact) mass is 390 g/mol. The summed E-state index contributed by atoms with van der Waals surface area (Å²) in [7, 11) is 0. The summed E-state index contributed by atoms with van der Waals surface area (Å²) in [5.74, 6) is -0.109. The van der Waals surface area contributed by atoms with Crippen molar-refractivity contribution in [3.8, 4) is 11.1 Å². The highest BCUT2D eigenvalue weighted by Gasteiger charge is 2.13. The Labute approximate surface area is 173 Å². The molecule has 5 rings (SSSR count). The smallest absolute Gasteiger partial charge is 0.339 e. The molecule has 0 unspecified atom stereocenters. The van der Waals surface area contributed by atoms with E-state index in [9.17, 15) is 9.59 Å². The maximum atomic E-state index is 12.8. The van der Waals surface area contributed by atoms with Crippen molar-refractivity contribution in [2.75, 3.05) is 0 Å². The zero-order valence-corrected chi connectivity index (χ0v) is 16.2. The summed E-state index contributed by atoms with van der Waals surface area (Å²) in [6.07, 6.45) is 0.00971. The molecule has 0 fully saturated rings. The van der Waals surface area contributed by atoms with Gasteiger partial charge in [-0.2, -0.15) is 0 Å². The lowest BCUT2D eigenvalue weighted by Crippen LogP contribution is -2.13. The van der Waals surface area contributed by atoms with Crippen molar-refractivity contribution in [2.45, 2.75) is 6.42 Å². The van der Waals surface area contributed by atoms with Crippen molar-refractivity contribution >= 4 is 27.5 Å². The first kappa shape index (κ1) is 18.1. The molecule has 0 atom stereocenters. The second-order valence-corrected chi connectivity index (χ2v) is 7.34. The standard InChI is InChI=1S/C27H18O3/c28-25(20-12-10-19(11-13-20)18-6-2-1-3-7-18)16-24-15-23-14-21-8-4-5-9-22(21)17-26(23)30-27(24)29/h1-15,17H,16H2. The summed E-state index contributed by atoms with van der Waals surface area (Å²) >= 11 is 0. The summed E-state index contributed by atoms with van der Waals surface area (Å²) in [6.45, 7) is 0. The Hall–Kier alpha value is -3.98. The molecule has 0 spiro atoms. The van der Waals surface area contributed by atoms with Gasteiger partial charge in [0.1, 0.15) is 5.58 Å². The van der Waals surface area contributed by atoms with Gasteiger partial charge in [0.15, 0.2) is 5.78 Å². The number of ketones is 1. The number of fused-ring (bicyclic) bond motifs is 2. The van der Waals surface area contributed by atoms with Crippen LogP contribution in [0.5, 0.6) is 0 Å². The highest BCUT2D eigenvalue weighted by atomic mass is 16.4. The Morgan fingerprint density at radius 1 is 0.667 bits per heavy atom. The van der Waals surface area contributed by atoms with Gasteiger partial charge in [-0.1, -0.05) is 78.9 Å². The third-order valence-electron chi connectivity index (χ3n) is 5.34. The van der Waals surface area contributed by atoms with Gasteiger partial charge in [-0.15, -0.1) is 0 Å². The Balaban J connectivity index is 1.44. The van der Waals surface area contributed by atoms with E-state index in [2.05, 4.69) is 0 Å². The topological polar surface area (TPSA) is 47.3 Å². The Morgan fingerprint density at radius 3 is 2.03 bits per heavy atom. The lowest BCUT2D eigenvalue weighted by atomic mass is 9.99. The Kier molecular flexibility index (Phi) is 4.49. The molecule has 4 aromatic carbocycles. The number of hydrogen-bond acceptors (Lipinski definition) is 3. The summed E-state index contributed by atoms with van der Waals surface area (Å²) in [6, 6.07) is 31.0. The van der Waals surface area contributed by atoms with Gasteiger partial charge in [-0.25, -0.2) is 4.79 Å². The van der Waals surface area contributed by atoms with E-state index in [1.807, 2.05) is 78.9 Å². The van der Waals surface area contributed by atoms with E-state index < -0.39 is 5.63 Å². The van der Waals surface area contributed by atoms with Crippen LogP contribution in [-0.4, -0.2) is 5.78 Å². The fourth-order valence-corrected chi connectivity index (χ4v) is 3.73. The molecule has 0 saturated carbocycles. The van der Waals surface area contributed by atoms with E-state index >= 15 is 0 Å². The first-order valence-electron chi connectivity index (χ1n) is 9.82. The van der Waals surface area contributed by atoms with Gasteiger partial charge >= 0.3 is 5.63 Å². The van der Waals surface area contributed by atoms with Crippen LogP contribution in [0.1, 0.15) is 15.9 Å². The summed E-state index contributed by atoms with van der Waals surface area (Å²) in [5.41, 5.74) is 3.15. The van der Waals surface area contributed by atoms with Crippen molar-refractivity contribution in [2.24, 2.45) is 0 Å². The molecule has 0 amide bonds. The van der Waals surface area contributed by atoms with Crippen LogP contribution >= 0.6 is 0 Å². The van der Waals surface area contributed by atoms with E-state index in [0.29, 0.717) is 16.7 Å². The molecular weight excluding hydrogens is 372 g/mol. The third-order valence-corrected chi connectivity index (χ3v) is 5.34. The second-order valence-electron chi connectivity index (χ2n) is 7.34. The quantitative estimate of drug-likeness (QED) is 0.214. The van der Waals surface area contributed by atoms with Crippen LogP contribution in [0.4, 0.5) is 0 Å². The van der Waals surface area contributed by atoms with Gasteiger partial charge in [0, 0.05) is 22.9 Å². The van der Waals surface area contributed by atoms with Crippen molar-refractivity contribution in [1.29, 1.82) is 0 Å². The number of carbonyl (C=O) groups excluding carboxylic acids is 1. The van der Waals surface area contributed by atoms with Gasteiger partial charge in [0.25, 0.3) is 0 Å². The van der Waals surface area contributed by atoms with Crippen LogP contribution in [-0.2, 0) is 6.42 Å². The van der Waals surface area contributed by atoms with Gasteiger partial charge < -0.3 is 4.42 Å². The summed E-state index contributed by atoms with van der Waals surface area (Å²) < 4.78 is 5.51. The van der Waals surface area contributed by atoms with Crippen molar-refractivity contribution in [1.82, 2.24) is 0 Å². The molecule has 0 aliphatic carbocycles. The van der Waals surface area contributed by atoms with Crippen LogP contribution in [0, 0.1) is 0 Å². The highest BCUT2D eigenvalue weighted by Crippen LogP contribution is 2.23. The minimum absolute atomic E-state index is 0.00971. The first-order chi connectivity index (χ1) is 14.7. The van der Waals surface area contributed by atoms with E-state index in [1.165, 1.54) is 0 Å². The molecule has 5 aromatic rings. The van der Waals surface area contributed by atoms with E-state index in [1.54, 1.807) is 18.2 Å². The first-order valence-corrected chi connectivity index (χ1v) is 9.82. The van der Waals surface area contributed by atoms with Crippen LogP contribution < -0.4 is 5.63 Å². The molecule has 3 heteroatoms. The number of hydrogen-bond donors (Lipinski definition) is 0. The fourth-order valence-electron chi connectivity index (χ4n) is 3.73. The minimum atomic E-state index is -0.466. The van der Waals surface area contributed by atoms with Gasteiger partial charge in [-0.05, 0) is 40.1 Å². The van der Waals surface area contributed by atoms with Gasteiger partial charge in [0.2, 0.25) is 0 Å². The molecule has 0 bridgehead atoms. The van der Waals surface area contributed by atoms with E-state index in [0.717, 1.165) is 27.3 Å². The van der Waals surface area contributed by atoms with Crippen molar-refractivity contribution in [3.05, 3.63) is 119 Å². The lowest BCUT2D eigenvalue weighted by molar-refractivity contribution is 0.0992. The molecule has 3 nitrogen and oxygen atoms in total. The molecular formula is C27H18O3. The minimum Gasteiger partial charge on any atom is -0.422 e. The summed E-state index contributed by atoms with van der Waals surface area (Å²) in [5, 5.41) is 2.89. The SMILES string of the molecule is O=C(Cc1cc2cc3ccccc3cc2oc1=O)c1ccc(-c2ccccc2)cc1. The Morgan fingerprint density at radius 2 is 1.30 bits per heavy atom. The molecule has 30 heavy (non-hydrogen) atoms. The van der Waals surface area contributed by atoms with Crippen LogP contribution in [0.2, 0.25) is 0 Å². The van der Waals surface area contributed by atoms with E-state index in [4.69, 9.17) is 4.42 Å². The van der Waals surface area contributed by atoms with Gasteiger partial charge in [0.05, 0.1) is 0 Å². The number of rotatable bonds is 4. The number of carbonyl (C=O) groups is 1. The average molecular weight is 390 g/mol. The molecule has 144 valence electrons. The normalized spacial score (nSPS) is 11.1. The lowest BCUT2D eigenvalue weighted by Gasteiger charge is -2.06. The van der Waals surface area contributed by atoms with Gasteiger partial charge in [-0.3, -0.25) is 4.79 Å². The predicted molar refractivity (Wildman–Crippen MR) is 120 cm³/mol. The average Bonchev–Trinajstić information content (AvgIpc) is 2.79. The zero-order chi connectivity index (χ0) is 20.5. The highest BCUT2D eigenvalue weighted by molar-refractivity contribution is 5.99. The van der Waals surface area contributed by atoms with Crippen LogP contribution in [0.25, 0.3) is 32.9 Å². The van der Waals surface area contributed by atoms with Crippen LogP contribution in [0.3, 0.4) is 0 Å². The van der Waals surface area contributed by atoms with Crippen LogP contribution in [0.15, 0.2) is 106 Å². The molecule has 0 saturated heterocycles.